The molecule has 1 atom stereocenters. The van der Waals surface area contributed by atoms with Gasteiger partial charge in [-0.3, -0.25) is 0 Å². The Balaban J connectivity index is 2.02. The van der Waals surface area contributed by atoms with Crippen molar-refractivity contribution in [1.82, 2.24) is 14.8 Å². The molecule has 1 aliphatic rings. The summed E-state index contributed by atoms with van der Waals surface area (Å²) in [6.07, 6.45) is 2.09. The minimum atomic E-state index is 0.0342. The SMILES string of the molecule is CC[C@]1(C)Cc2ccccc2-c2nnc(-c3cccs3)n21. The van der Waals surface area contributed by atoms with Gasteiger partial charge in [-0.25, -0.2) is 0 Å². The van der Waals surface area contributed by atoms with Crippen LogP contribution in [0, 0.1) is 0 Å². The number of hydrogen-bond donors (Lipinski definition) is 0. The third kappa shape index (κ3) is 1.79. The second-order valence-electron chi connectivity index (χ2n) is 5.84. The maximum absolute atomic E-state index is 4.52. The Labute approximate surface area is 128 Å². The summed E-state index contributed by atoms with van der Waals surface area (Å²) in [5.74, 6) is 2.00. The van der Waals surface area contributed by atoms with E-state index in [1.165, 1.54) is 16.0 Å². The summed E-state index contributed by atoms with van der Waals surface area (Å²) >= 11 is 1.72. The molecule has 0 amide bonds. The van der Waals surface area contributed by atoms with Crippen molar-refractivity contribution in [1.29, 1.82) is 0 Å². The van der Waals surface area contributed by atoms with Gasteiger partial charge in [0.1, 0.15) is 0 Å². The van der Waals surface area contributed by atoms with Crippen molar-refractivity contribution >= 4 is 11.3 Å². The highest BCUT2D eigenvalue weighted by Crippen LogP contribution is 2.42. The molecule has 0 bridgehead atoms. The Kier molecular flexibility index (Phi) is 2.76. The molecule has 0 fully saturated rings. The van der Waals surface area contributed by atoms with Crippen molar-refractivity contribution in [3.05, 3.63) is 47.3 Å². The summed E-state index contributed by atoms with van der Waals surface area (Å²) in [5, 5.41) is 11.1. The van der Waals surface area contributed by atoms with E-state index in [1.54, 1.807) is 11.3 Å². The molecule has 0 N–H and O–H groups in total. The monoisotopic (exact) mass is 295 g/mol. The average Bonchev–Trinajstić information content (AvgIpc) is 3.16. The quantitative estimate of drug-likeness (QED) is 0.703. The summed E-state index contributed by atoms with van der Waals surface area (Å²) in [6, 6.07) is 12.8. The number of benzene rings is 1. The van der Waals surface area contributed by atoms with Crippen molar-refractivity contribution in [3.8, 4) is 22.1 Å². The highest BCUT2D eigenvalue weighted by Gasteiger charge is 2.36. The van der Waals surface area contributed by atoms with Crippen molar-refractivity contribution in [2.45, 2.75) is 32.2 Å². The molecule has 21 heavy (non-hydrogen) atoms. The van der Waals surface area contributed by atoms with Crippen molar-refractivity contribution in [3.63, 3.8) is 0 Å². The second-order valence-corrected chi connectivity index (χ2v) is 6.79. The van der Waals surface area contributed by atoms with Gasteiger partial charge in [0.15, 0.2) is 11.6 Å². The van der Waals surface area contributed by atoms with E-state index in [-0.39, 0.29) is 5.54 Å². The number of aromatic nitrogens is 3. The Morgan fingerprint density at radius 2 is 1.95 bits per heavy atom. The fraction of sp³-hybridized carbons (Fsp3) is 0.294. The van der Waals surface area contributed by atoms with Gasteiger partial charge in [0.2, 0.25) is 0 Å². The molecule has 0 aliphatic carbocycles. The Morgan fingerprint density at radius 1 is 1.14 bits per heavy atom. The van der Waals surface area contributed by atoms with Gasteiger partial charge < -0.3 is 4.57 Å². The van der Waals surface area contributed by atoms with Crippen molar-refractivity contribution in [2.75, 3.05) is 0 Å². The summed E-state index contributed by atoms with van der Waals surface area (Å²) < 4.78 is 2.35. The summed E-state index contributed by atoms with van der Waals surface area (Å²) in [7, 11) is 0. The van der Waals surface area contributed by atoms with E-state index in [2.05, 4.69) is 70.4 Å². The molecular formula is C17H17N3S. The first-order chi connectivity index (χ1) is 10.2. The van der Waals surface area contributed by atoms with Crippen LogP contribution in [0.1, 0.15) is 25.8 Å². The van der Waals surface area contributed by atoms with E-state index in [0.29, 0.717) is 0 Å². The first-order valence-electron chi connectivity index (χ1n) is 7.31. The standard InChI is InChI=1S/C17H17N3S/c1-3-17(2)11-12-7-4-5-8-13(12)15-18-19-16(20(15)17)14-9-6-10-21-14/h4-10H,3,11H2,1-2H3/t17-/m1/s1. The van der Waals surface area contributed by atoms with E-state index in [9.17, 15) is 0 Å². The smallest absolute Gasteiger partial charge is 0.174 e. The van der Waals surface area contributed by atoms with E-state index >= 15 is 0 Å². The molecule has 3 nitrogen and oxygen atoms in total. The van der Waals surface area contributed by atoms with E-state index in [0.717, 1.165) is 24.5 Å². The lowest BCUT2D eigenvalue weighted by Crippen LogP contribution is -2.36. The highest BCUT2D eigenvalue weighted by molar-refractivity contribution is 7.13. The van der Waals surface area contributed by atoms with Gasteiger partial charge in [0.05, 0.1) is 4.88 Å². The number of hydrogen-bond acceptors (Lipinski definition) is 3. The fourth-order valence-corrected chi connectivity index (χ4v) is 3.90. The van der Waals surface area contributed by atoms with Crippen molar-refractivity contribution < 1.29 is 0 Å². The first kappa shape index (κ1) is 12.8. The van der Waals surface area contributed by atoms with Crippen LogP contribution >= 0.6 is 11.3 Å². The maximum atomic E-state index is 4.52. The van der Waals surface area contributed by atoms with Gasteiger partial charge in [0, 0.05) is 11.1 Å². The van der Waals surface area contributed by atoms with Crippen LogP contribution in [0.25, 0.3) is 22.1 Å². The van der Waals surface area contributed by atoms with Gasteiger partial charge in [-0.2, -0.15) is 0 Å². The molecular weight excluding hydrogens is 278 g/mol. The number of nitrogens with zero attached hydrogens (tertiary/aromatic N) is 3. The zero-order valence-electron chi connectivity index (χ0n) is 12.2. The van der Waals surface area contributed by atoms with Crippen LogP contribution < -0.4 is 0 Å². The lowest BCUT2D eigenvalue weighted by atomic mass is 9.84. The second kappa shape index (κ2) is 4.53. The Morgan fingerprint density at radius 3 is 2.71 bits per heavy atom. The molecule has 0 spiro atoms. The molecule has 3 aromatic rings. The molecule has 0 saturated heterocycles. The fourth-order valence-electron chi connectivity index (χ4n) is 3.20. The van der Waals surface area contributed by atoms with Gasteiger partial charge in [-0.05, 0) is 36.8 Å². The lowest BCUT2D eigenvalue weighted by molar-refractivity contribution is 0.302. The summed E-state index contributed by atoms with van der Waals surface area (Å²) in [4.78, 5) is 1.19. The van der Waals surface area contributed by atoms with E-state index in [4.69, 9.17) is 0 Å². The molecule has 0 radical (unpaired) electrons. The number of thiophene rings is 1. The van der Waals surface area contributed by atoms with Gasteiger partial charge in [0.25, 0.3) is 0 Å². The normalized spacial score (nSPS) is 20.1. The predicted molar refractivity (Wildman–Crippen MR) is 86.4 cm³/mol. The number of rotatable bonds is 2. The molecule has 3 heterocycles. The number of fused-ring (bicyclic) bond motifs is 3. The van der Waals surface area contributed by atoms with Crippen LogP contribution in [0.15, 0.2) is 41.8 Å². The lowest BCUT2D eigenvalue weighted by Gasteiger charge is -2.37. The zero-order valence-corrected chi connectivity index (χ0v) is 13.0. The van der Waals surface area contributed by atoms with Crippen molar-refractivity contribution in [2.24, 2.45) is 0 Å². The molecule has 0 saturated carbocycles. The van der Waals surface area contributed by atoms with Crippen LogP contribution in [0.2, 0.25) is 0 Å². The molecule has 4 rings (SSSR count). The van der Waals surface area contributed by atoms with Gasteiger partial charge >= 0.3 is 0 Å². The Hall–Kier alpha value is -1.94. The molecule has 106 valence electrons. The molecule has 0 unspecified atom stereocenters. The van der Waals surface area contributed by atoms with Crippen LogP contribution in [0.4, 0.5) is 0 Å². The van der Waals surface area contributed by atoms with Gasteiger partial charge in [-0.15, -0.1) is 21.5 Å². The molecule has 2 aromatic heterocycles. The molecule has 1 aromatic carbocycles. The van der Waals surface area contributed by atoms with Crippen LogP contribution in [0.5, 0.6) is 0 Å². The third-order valence-electron chi connectivity index (χ3n) is 4.54. The summed E-state index contributed by atoms with van der Waals surface area (Å²) in [5.41, 5.74) is 2.63. The van der Waals surface area contributed by atoms with E-state index < -0.39 is 0 Å². The van der Waals surface area contributed by atoms with Crippen LogP contribution in [-0.2, 0) is 12.0 Å². The molecule has 4 heteroatoms. The average molecular weight is 295 g/mol. The summed E-state index contributed by atoms with van der Waals surface area (Å²) in [6.45, 7) is 4.56. The third-order valence-corrected chi connectivity index (χ3v) is 5.40. The van der Waals surface area contributed by atoms with Gasteiger partial charge in [-0.1, -0.05) is 37.3 Å². The maximum Gasteiger partial charge on any atom is 0.174 e. The van der Waals surface area contributed by atoms with E-state index in [1.807, 2.05) is 0 Å². The minimum absolute atomic E-state index is 0.0342. The largest absolute Gasteiger partial charge is 0.300 e. The Bertz CT molecular complexity index is 788. The zero-order chi connectivity index (χ0) is 14.4. The molecule has 1 aliphatic heterocycles. The minimum Gasteiger partial charge on any atom is -0.300 e. The highest BCUT2D eigenvalue weighted by atomic mass is 32.1. The van der Waals surface area contributed by atoms with Crippen LogP contribution in [0.3, 0.4) is 0 Å². The van der Waals surface area contributed by atoms with Crippen LogP contribution in [-0.4, -0.2) is 14.8 Å². The first-order valence-corrected chi connectivity index (χ1v) is 8.19. The topological polar surface area (TPSA) is 30.7 Å². The predicted octanol–water partition coefficient (Wildman–Crippen LogP) is 4.35.